The molecule has 1 atom stereocenters. The molecular formula is C10H18O2. The highest BCUT2D eigenvalue weighted by Crippen LogP contribution is 2.31. The smallest absolute Gasteiger partial charge is 0.306 e. The summed E-state index contributed by atoms with van der Waals surface area (Å²) in [4.78, 5) is 10.8. The monoisotopic (exact) mass is 170 g/mol. The predicted octanol–water partition coefficient (Wildman–Crippen LogP) is 2.52. The molecule has 2 nitrogen and oxygen atoms in total. The first-order chi connectivity index (χ1) is 5.53. The molecule has 1 rings (SSSR count). The Bertz CT molecular complexity index is 173. The highest BCUT2D eigenvalue weighted by Gasteiger charge is 2.28. The van der Waals surface area contributed by atoms with Crippen molar-refractivity contribution in [1.82, 2.24) is 0 Å². The zero-order valence-electron chi connectivity index (χ0n) is 8.22. The molecule has 0 saturated carbocycles. The van der Waals surface area contributed by atoms with Gasteiger partial charge in [-0.1, -0.05) is 27.2 Å². The second-order valence-corrected chi connectivity index (χ2v) is 4.37. The molecule has 1 heterocycles. The van der Waals surface area contributed by atoms with Crippen LogP contribution in [0.15, 0.2) is 0 Å². The fourth-order valence-corrected chi connectivity index (χ4v) is 1.49. The van der Waals surface area contributed by atoms with Gasteiger partial charge >= 0.3 is 5.97 Å². The molecule has 1 saturated heterocycles. The van der Waals surface area contributed by atoms with Gasteiger partial charge in [0, 0.05) is 6.42 Å². The standard InChI is InChI=1S/C10H18O2/c1-4-10(2,3)7-8-5-6-9(11)12-8/h8H,4-7H2,1-3H3. The Morgan fingerprint density at radius 1 is 1.58 bits per heavy atom. The quantitative estimate of drug-likeness (QED) is 0.608. The van der Waals surface area contributed by atoms with Crippen LogP contribution in [0.25, 0.3) is 0 Å². The van der Waals surface area contributed by atoms with Crippen LogP contribution in [0.5, 0.6) is 0 Å². The summed E-state index contributed by atoms with van der Waals surface area (Å²) in [5, 5.41) is 0. The summed E-state index contributed by atoms with van der Waals surface area (Å²) in [6.07, 6.45) is 3.87. The van der Waals surface area contributed by atoms with E-state index in [9.17, 15) is 4.79 Å². The lowest BCUT2D eigenvalue weighted by molar-refractivity contribution is -0.142. The first-order valence-electron chi connectivity index (χ1n) is 4.73. The Balaban J connectivity index is 2.36. The first-order valence-corrected chi connectivity index (χ1v) is 4.73. The molecule has 0 N–H and O–H groups in total. The molecule has 1 fully saturated rings. The van der Waals surface area contributed by atoms with Crippen LogP contribution in [0, 0.1) is 5.41 Å². The number of hydrogen-bond donors (Lipinski definition) is 0. The fraction of sp³-hybridized carbons (Fsp3) is 0.900. The maximum Gasteiger partial charge on any atom is 0.306 e. The van der Waals surface area contributed by atoms with Gasteiger partial charge in [-0.25, -0.2) is 0 Å². The van der Waals surface area contributed by atoms with E-state index in [4.69, 9.17) is 4.74 Å². The lowest BCUT2D eigenvalue weighted by Gasteiger charge is -2.25. The zero-order chi connectivity index (χ0) is 9.19. The second kappa shape index (κ2) is 3.46. The lowest BCUT2D eigenvalue weighted by atomic mass is 9.83. The molecule has 1 aliphatic heterocycles. The average molecular weight is 170 g/mol. The van der Waals surface area contributed by atoms with Gasteiger partial charge in [0.15, 0.2) is 0 Å². The van der Waals surface area contributed by atoms with Crippen molar-refractivity contribution in [1.29, 1.82) is 0 Å². The Morgan fingerprint density at radius 2 is 2.25 bits per heavy atom. The van der Waals surface area contributed by atoms with Crippen molar-refractivity contribution in [3.8, 4) is 0 Å². The third-order valence-electron chi connectivity index (χ3n) is 2.71. The molecule has 0 bridgehead atoms. The Hall–Kier alpha value is -0.530. The van der Waals surface area contributed by atoms with Gasteiger partial charge in [-0.15, -0.1) is 0 Å². The molecule has 2 heteroatoms. The third kappa shape index (κ3) is 2.50. The van der Waals surface area contributed by atoms with Crippen LogP contribution in [0.1, 0.15) is 46.5 Å². The van der Waals surface area contributed by atoms with Gasteiger partial charge in [-0.3, -0.25) is 4.79 Å². The minimum atomic E-state index is -0.0214. The Labute approximate surface area is 74.3 Å². The van der Waals surface area contributed by atoms with E-state index in [0.29, 0.717) is 11.8 Å². The number of cyclic esters (lactones) is 1. The van der Waals surface area contributed by atoms with E-state index in [1.807, 2.05) is 0 Å². The predicted molar refractivity (Wildman–Crippen MR) is 47.8 cm³/mol. The second-order valence-electron chi connectivity index (χ2n) is 4.37. The van der Waals surface area contributed by atoms with E-state index in [0.717, 1.165) is 19.3 Å². The van der Waals surface area contributed by atoms with Crippen LogP contribution >= 0.6 is 0 Å². The Kier molecular flexibility index (Phi) is 2.76. The summed E-state index contributed by atoms with van der Waals surface area (Å²) in [6, 6.07) is 0. The minimum Gasteiger partial charge on any atom is -0.462 e. The topological polar surface area (TPSA) is 26.3 Å². The van der Waals surface area contributed by atoms with Crippen molar-refractivity contribution in [3.05, 3.63) is 0 Å². The van der Waals surface area contributed by atoms with E-state index in [2.05, 4.69) is 20.8 Å². The van der Waals surface area contributed by atoms with Crippen molar-refractivity contribution >= 4 is 5.97 Å². The van der Waals surface area contributed by atoms with Crippen LogP contribution < -0.4 is 0 Å². The number of ether oxygens (including phenoxy) is 1. The molecule has 1 aliphatic rings. The van der Waals surface area contributed by atoms with Crippen LogP contribution in [0.3, 0.4) is 0 Å². The SMILES string of the molecule is CCC(C)(C)CC1CCC(=O)O1. The molecule has 1 unspecified atom stereocenters. The van der Waals surface area contributed by atoms with Gasteiger partial charge < -0.3 is 4.74 Å². The molecule has 0 spiro atoms. The number of carbonyl (C=O) groups excluding carboxylic acids is 1. The van der Waals surface area contributed by atoms with Crippen molar-refractivity contribution in [2.75, 3.05) is 0 Å². The zero-order valence-corrected chi connectivity index (χ0v) is 8.22. The number of hydrogen-bond acceptors (Lipinski definition) is 2. The van der Waals surface area contributed by atoms with Crippen LogP contribution in [-0.4, -0.2) is 12.1 Å². The van der Waals surface area contributed by atoms with Crippen LogP contribution in [0.2, 0.25) is 0 Å². The van der Waals surface area contributed by atoms with Gasteiger partial charge in [-0.2, -0.15) is 0 Å². The first kappa shape index (κ1) is 9.56. The molecule has 0 radical (unpaired) electrons. The number of carbonyl (C=O) groups is 1. The van der Waals surface area contributed by atoms with E-state index in [-0.39, 0.29) is 12.1 Å². The Morgan fingerprint density at radius 3 is 2.67 bits per heavy atom. The maximum absolute atomic E-state index is 10.8. The van der Waals surface area contributed by atoms with Gasteiger partial charge in [0.2, 0.25) is 0 Å². The molecule has 0 aromatic rings. The summed E-state index contributed by atoms with van der Waals surface area (Å²) in [7, 11) is 0. The molecule has 0 aromatic carbocycles. The minimum absolute atomic E-state index is 0.0214. The van der Waals surface area contributed by atoms with E-state index in [1.165, 1.54) is 0 Å². The van der Waals surface area contributed by atoms with E-state index in [1.54, 1.807) is 0 Å². The van der Waals surface area contributed by atoms with Crippen LogP contribution in [0.4, 0.5) is 0 Å². The summed E-state index contributed by atoms with van der Waals surface area (Å²) in [5.41, 5.74) is 0.315. The summed E-state index contributed by atoms with van der Waals surface area (Å²) < 4.78 is 5.16. The molecular weight excluding hydrogens is 152 g/mol. The lowest BCUT2D eigenvalue weighted by Crippen LogP contribution is -2.19. The van der Waals surface area contributed by atoms with Crippen molar-refractivity contribution in [3.63, 3.8) is 0 Å². The maximum atomic E-state index is 10.8. The molecule has 0 aliphatic carbocycles. The van der Waals surface area contributed by atoms with Gasteiger partial charge in [-0.05, 0) is 18.3 Å². The molecule has 0 amide bonds. The molecule has 0 aromatic heterocycles. The normalized spacial score (nSPS) is 24.2. The fourth-order valence-electron chi connectivity index (χ4n) is 1.49. The van der Waals surface area contributed by atoms with Crippen molar-refractivity contribution in [2.24, 2.45) is 5.41 Å². The highest BCUT2D eigenvalue weighted by atomic mass is 16.5. The van der Waals surface area contributed by atoms with Crippen LogP contribution in [-0.2, 0) is 9.53 Å². The highest BCUT2D eigenvalue weighted by molar-refractivity contribution is 5.71. The average Bonchev–Trinajstić information content (AvgIpc) is 2.35. The summed E-state index contributed by atoms with van der Waals surface area (Å²) >= 11 is 0. The van der Waals surface area contributed by atoms with Gasteiger partial charge in [0.25, 0.3) is 0 Å². The van der Waals surface area contributed by atoms with Gasteiger partial charge in [0.05, 0.1) is 0 Å². The van der Waals surface area contributed by atoms with Crippen molar-refractivity contribution < 1.29 is 9.53 Å². The molecule has 70 valence electrons. The van der Waals surface area contributed by atoms with E-state index >= 15 is 0 Å². The molecule has 12 heavy (non-hydrogen) atoms. The van der Waals surface area contributed by atoms with Gasteiger partial charge in [0.1, 0.15) is 6.10 Å². The third-order valence-corrected chi connectivity index (χ3v) is 2.71. The van der Waals surface area contributed by atoms with Crippen molar-refractivity contribution in [2.45, 2.75) is 52.6 Å². The van der Waals surface area contributed by atoms with E-state index < -0.39 is 0 Å². The summed E-state index contributed by atoms with van der Waals surface area (Å²) in [5.74, 6) is -0.0214. The summed E-state index contributed by atoms with van der Waals surface area (Å²) in [6.45, 7) is 6.62. The number of rotatable bonds is 3. The largest absolute Gasteiger partial charge is 0.462 e. The number of esters is 1.